The maximum Gasteiger partial charge on any atom is 0.0236 e. The molecule has 1 aromatic carbocycles. The van der Waals surface area contributed by atoms with Crippen LogP contribution in [0.25, 0.3) is 0 Å². The maximum atomic E-state index is 2.36. The van der Waals surface area contributed by atoms with Crippen LogP contribution in [0.5, 0.6) is 0 Å². The van der Waals surface area contributed by atoms with Gasteiger partial charge in [0, 0.05) is 6.54 Å². The molecule has 0 aliphatic carbocycles. The van der Waals surface area contributed by atoms with E-state index in [-0.39, 0.29) is 0 Å². The summed E-state index contributed by atoms with van der Waals surface area (Å²) >= 11 is 0. The first-order valence-electron chi connectivity index (χ1n) is 6.14. The van der Waals surface area contributed by atoms with Gasteiger partial charge in [0.15, 0.2) is 0 Å². The maximum absolute atomic E-state index is 2.36. The third kappa shape index (κ3) is 2.30. The molecular weight excluding hydrogens is 194 g/mol. The molecule has 0 aliphatic rings. The number of hydrogen-bond acceptors (Lipinski definition) is 1. The minimum atomic E-state index is 1.07. The quantitative estimate of drug-likeness (QED) is 0.749. The number of nitrogens with zero attached hydrogens (tertiary/aromatic N) is 1. The highest BCUT2D eigenvalue weighted by molar-refractivity contribution is 5.49. The molecule has 0 saturated carbocycles. The highest BCUT2D eigenvalue weighted by Crippen LogP contribution is 2.26. The lowest BCUT2D eigenvalue weighted by molar-refractivity contribution is 0.344. The van der Waals surface area contributed by atoms with Crippen LogP contribution in [0, 0.1) is 34.6 Å². The summed E-state index contributed by atoms with van der Waals surface area (Å²) in [6.45, 7) is 15.6. The average Bonchev–Trinajstić information content (AvgIpc) is 2.29. The van der Waals surface area contributed by atoms with E-state index in [1.54, 1.807) is 0 Å². The van der Waals surface area contributed by atoms with E-state index in [4.69, 9.17) is 0 Å². The Hall–Kier alpha value is -0.820. The van der Waals surface area contributed by atoms with Crippen LogP contribution in [-0.4, -0.2) is 18.5 Å². The molecule has 1 rings (SSSR count). The summed E-state index contributed by atoms with van der Waals surface area (Å²) < 4.78 is 0. The first-order valence-corrected chi connectivity index (χ1v) is 6.14. The van der Waals surface area contributed by atoms with Crippen molar-refractivity contribution in [3.63, 3.8) is 0 Å². The van der Waals surface area contributed by atoms with E-state index in [2.05, 4.69) is 53.5 Å². The monoisotopic (exact) mass is 219 g/mol. The van der Waals surface area contributed by atoms with Gasteiger partial charge in [0.25, 0.3) is 0 Å². The minimum Gasteiger partial charge on any atom is -0.302 e. The average molecular weight is 219 g/mol. The molecule has 0 saturated heterocycles. The molecule has 1 aromatic rings. The highest BCUT2D eigenvalue weighted by Gasteiger charge is 2.12. The Morgan fingerprint density at radius 2 is 1.12 bits per heavy atom. The summed E-state index contributed by atoms with van der Waals surface area (Å²) in [5, 5.41) is 0. The molecule has 16 heavy (non-hydrogen) atoms. The van der Waals surface area contributed by atoms with E-state index in [1.165, 1.54) is 33.4 Å². The third-order valence-electron chi connectivity index (χ3n) is 4.12. The molecule has 90 valence electrons. The van der Waals surface area contributed by atoms with Gasteiger partial charge < -0.3 is 4.90 Å². The van der Waals surface area contributed by atoms with Crippen molar-refractivity contribution >= 4 is 0 Å². The van der Waals surface area contributed by atoms with Crippen LogP contribution in [0.1, 0.15) is 40.3 Å². The number of benzene rings is 1. The van der Waals surface area contributed by atoms with Crippen molar-refractivity contribution in [2.45, 2.75) is 48.1 Å². The molecule has 0 aromatic heterocycles. The zero-order valence-corrected chi connectivity index (χ0v) is 11.9. The van der Waals surface area contributed by atoms with E-state index in [0.29, 0.717) is 0 Å². The molecule has 0 amide bonds. The Morgan fingerprint density at radius 1 is 0.750 bits per heavy atom. The van der Waals surface area contributed by atoms with Crippen molar-refractivity contribution in [2.24, 2.45) is 0 Å². The van der Waals surface area contributed by atoms with Gasteiger partial charge in [0.1, 0.15) is 0 Å². The number of hydrogen-bond donors (Lipinski definition) is 0. The van der Waals surface area contributed by atoms with Crippen LogP contribution in [-0.2, 0) is 6.54 Å². The van der Waals surface area contributed by atoms with Gasteiger partial charge in [-0.05, 0) is 81.6 Å². The molecule has 0 bridgehead atoms. The second kappa shape index (κ2) is 5.01. The molecule has 0 heterocycles. The fraction of sp³-hybridized carbons (Fsp3) is 0.600. The van der Waals surface area contributed by atoms with Gasteiger partial charge in [0.05, 0.1) is 0 Å². The van der Waals surface area contributed by atoms with Crippen LogP contribution in [0.2, 0.25) is 0 Å². The Kier molecular flexibility index (Phi) is 4.15. The second-order valence-electron chi connectivity index (χ2n) is 4.93. The van der Waals surface area contributed by atoms with Gasteiger partial charge in [-0.3, -0.25) is 0 Å². The van der Waals surface area contributed by atoms with Gasteiger partial charge in [-0.1, -0.05) is 6.92 Å². The van der Waals surface area contributed by atoms with Gasteiger partial charge in [-0.15, -0.1) is 0 Å². The normalized spacial score (nSPS) is 11.2. The fourth-order valence-corrected chi connectivity index (χ4v) is 2.20. The van der Waals surface area contributed by atoms with Crippen molar-refractivity contribution in [1.29, 1.82) is 0 Å². The SMILES string of the molecule is CCN(C)Cc1c(C)c(C)c(C)c(C)c1C. The van der Waals surface area contributed by atoms with E-state index in [1.807, 2.05) is 0 Å². The van der Waals surface area contributed by atoms with Gasteiger partial charge in [-0.25, -0.2) is 0 Å². The van der Waals surface area contributed by atoms with E-state index in [9.17, 15) is 0 Å². The lowest BCUT2D eigenvalue weighted by Gasteiger charge is -2.22. The first-order chi connectivity index (χ1) is 7.40. The standard InChI is InChI=1S/C15H25N/c1-8-16(7)9-15-13(5)11(3)10(2)12(4)14(15)6/h8-9H2,1-7H3. The van der Waals surface area contributed by atoms with Gasteiger partial charge in [0.2, 0.25) is 0 Å². The largest absolute Gasteiger partial charge is 0.302 e. The molecule has 0 fully saturated rings. The molecule has 0 spiro atoms. The molecule has 1 heteroatoms. The number of rotatable bonds is 3. The topological polar surface area (TPSA) is 3.24 Å². The Bertz CT molecular complexity index is 362. The first kappa shape index (κ1) is 13.2. The Balaban J connectivity index is 3.28. The summed E-state index contributed by atoms with van der Waals surface area (Å²) in [5.74, 6) is 0. The van der Waals surface area contributed by atoms with Crippen molar-refractivity contribution < 1.29 is 0 Å². The molecule has 0 N–H and O–H groups in total. The summed E-state index contributed by atoms with van der Waals surface area (Å²) in [6, 6.07) is 0. The smallest absolute Gasteiger partial charge is 0.0236 e. The third-order valence-corrected chi connectivity index (χ3v) is 4.12. The second-order valence-corrected chi connectivity index (χ2v) is 4.93. The predicted molar refractivity (Wildman–Crippen MR) is 72.1 cm³/mol. The van der Waals surface area contributed by atoms with E-state index in [0.717, 1.165) is 13.1 Å². The lowest BCUT2D eigenvalue weighted by Crippen LogP contribution is -2.19. The van der Waals surface area contributed by atoms with Crippen LogP contribution < -0.4 is 0 Å². The molecule has 0 radical (unpaired) electrons. The fourth-order valence-electron chi connectivity index (χ4n) is 2.20. The molecule has 0 atom stereocenters. The Morgan fingerprint density at radius 3 is 1.50 bits per heavy atom. The zero-order valence-electron chi connectivity index (χ0n) is 11.9. The molecule has 0 aliphatic heterocycles. The molecule has 0 unspecified atom stereocenters. The van der Waals surface area contributed by atoms with Crippen molar-refractivity contribution in [3.05, 3.63) is 33.4 Å². The van der Waals surface area contributed by atoms with Crippen LogP contribution >= 0.6 is 0 Å². The molecule has 1 nitrogen and oxygen atoms in total. The Labute approximate surface area is 100 Å². The van der Waals surface area contributed by atoms with Crippen LogP contribution in [0.4, 0.5) is 0 Å². The lowest BCUT2D eigenvalue weighted by atomic mass is 9.89. The van der Waals surface area contributed by atoms with Crippen LogP contribution in [0.15, 0.2) is 0 Å². The van der Waals surface area contributed by atoms with Crippen molar-refractivity contribution in [1.82, 2.24) is 4.90 Å². The summed E-state index contributed by atoms with van der Waals surface area (Å²) in [6.07, 6.45) is 0. The summed E-state index contributed by atoms with van der Waals surface area (Å²) in [4.78, 5) is 2.36. The zero-order chi connectivity index (χ0) is 12.5. The molecular formula is C15H25N. The van der Waals surface area contributed by atoms with E-state index >= 15 is 0 Å². The minimum absolute atomic E-state index is 1.07. The summed E-state index contributed by atoms with van der Waals surface area (Å²) in [7, 11) is 2.18. The van der Waals surface area contributed by atoms with Crippen molar-refractivity contribution in [2.75, 3.05) is 13.6 Å². The highest BCUT2D eigenvalue weighted by atomic mass is 15.1. The predicted octanol–water partition coefficient (Wildman–Crippen LogP) is 3.68. The van der Waals surface area contributed by atoms with Gasteiger partial charge >= 0.3 is 0 Å². The van der Waals surface area contributed by atoms with E-state index < -0.39 is 0 Å². The van der Waals surface area contributed by atoms with Crippen LogP contribution in [0.3, 0.4) is 0 Å². The van der Waals surface area contributed by atoms with Gasteiger partial charge in [-0.2, -0.15) is 0 Å². The summed E-state index contributed by atoms with van der Waals surface area (Å²) in [5.41, 5.74) is 8.84. The van der Waals surface area contributed by atoms with Crippen molar-refractivity contribution in [3.8, 4) is 0 Å².